The lowest BCUT2D eigenvalue weighted by molar-refractivity contribution is 0.0698. The number of carbonyl (C=O) groups is 1. The third-order valence-electron chi connectivity index (χ3n) is 2.52. The summed E-state index contributed by atoms with van der Waals surface area (Å²) in [5, 5.41) is 10.6. The fraction of sp³-hybridized carbons (Fsp3) is 0.0833. The van der Waals surface area contributed by atoms with E-state index in [2.05, 4.69) is 4.72 Å². The summed E-state index contributed by atoms with van der Waals surface area (Å²) >= 11 is 6.75. The van der Waals surface area contributed by atoms with E-state index in [1.54, 1.807) is 0 Å². The summed E-state index contributed by atoms with van der Waals surface area (Å²) < 4.78 is 31.7. The van der Waals surface area contributed by atoms with Crippen molar-refractivity contribution in [3.05, 3.63) is 39.5 Å². The number of carboxylic acid groups (broad SMARTS) is 1. The largest absolute Gasteiger partial charge is 0.495 e. The monoisotopic (exact) mass is 347 g/mol. The van der Waals surface area contributed by atoms with E-state index >= 15 is 0 Å². The highest BCUT2D eigenvalue weighted by atomic mass is 35.5. The van der Waals surface area contributed by atoms with Crippen molar-refractivity contribution in [1.29, 1.82) is 0 Å². The number of thiophene rings is 1. The molecule has 0 aliphatic heterocycles. The third-order valence-corrected chi connectivity index (χ3v) is 5.27. The van der Waals surface area contributed by atoms with Crippen molar-refractivity contribution in [2.75, 3.05) is 11.8 Å². The van der Waals surface area contributed by atoms with Crippen molar-refractivity contribution >= 4 is 44.6 Å². The minimum atomic E-state index is -4.00. The number of benzene rings is 1. The Hall–Kier alpha value is -1.77. The van der Waals surface area contributed by atoms with Crippen LogP contribution in [-0.2, 0) is 10.0 Å². The van der Waals surface area contributed by atoms with Crippen LogP contribution in [-0.4, -0.2) is 26.6 Å². The number of halogens is 1. The Balaban J connectivity index is 2.35. The second-order valence-electron chi connectivity index (χ2n) is 3.87. The van der Waals surface area contributed by atoms with Gasteiger partial charge in [0.1, 0.15) is 15.5 Å². The molecule has 1 aromatic carbocycles. The van der Waals surface area contributed by atoms with E-state index in [-0.39, 0.29) is 20.5 Å². The lowest BCUT2D eigenvalue weighted by Gasteiger charge is -2.09. The normalized spacial score (nSPS) is 11.1. The number of hydrogen-bond acceptors (Lipinski definition) is 5. The number of rotatable bonds is 5. The molecular weight excluding hydrogens is 338 g/mol. The van der Waals surface area contributed by atoms with E-state index in [1.807, 2.05) is 0 Å². The van der Waals surface area contributed by atoms with Gasteiger partial charge in [0.15, 0.2) is 0 Å². The first-order chi connectivity index (χ1) is 9.85. The maximum Gasteiger partial charge on any atom is 0.347 e. The maximum atomic E-state index is 12.2. The van der Waals surface area contributed by atoms with Crippen molar-refractivity contribution < 1.29 is 23.1 Å². The lowest BCUT2D eigenvalue weighted by Crippen LogP contribution is -2.15. The number of ether oxygens (including phenoxy) is 1. The highest BCUT2D eigenvalue weighted by Crippen LogP contribution is 2.29. The van der Waals surface area contributed by atoms with E-state index in [1.165, 1.54) is 36.8 Å². The van der Waals surface area contributed by atoms with Crippen molar-refractivity contribution in [3.63, 3.8) is 0 Å². The van der Waals surface area contributed by atoms with E-state index < -0.39 is 16.0 Å². The molecule has 0 bridgehead atoms. The van der Waals surface area contributed by atoms with E-state index in [0.717, 1.165) is 11.3 Å². The molecule has 0 fully saturated rings. The van der Waals surface area contributed by atoms with Crippen molar-refractivity contribution in [1.82, 2.24) is 0 Å². The number of carboxylic acids is 1. The van der Waals surface area contributed by atoms with Crippen LogP contribution in [0.5, 0.6) is 5.75 Å². The van der Waals surface area contributed by atoms with Gasteiger partial charge in [0.05, 0.1) is 17.8 Å². The maximum absolute atomic E-state index is 12.2. The van der Waals surface area contributed by atoms with E-state index in [9.17, 15) is 13.2 Å². The average molecular weight is 348 g/mol. The molecule has 2 N–H and O–H groups in total. The standard InChI is InChI=1S/C12H10ClNO5S2/c1-19-9-3-2-7(6-8(9)13)14-21(17,18)10-4-5-20-11(10)12(15)16/h2-6,14H,1H3,(H,15,16). The van der Waals surface area contributed by atoms with Gasteiger partial charge >= 0.3 is 5.97 Å². The van der Waals surface area contributed by atoms with Crippen LogP contribution in [0, 0.1) is 0 Å². The molecule has 0 spiro atoms. The summed E-state index contributed by atoms with van der Waals surface area (Å²) in [5.41, 5.74) is 0.211. The Morgan fingerprint density at radius 2 is 2.10 bits per heavy atom. The van der Waals surface area contributed by atoms with Crippen LogP contribution in [0.3, 0.4) is 0 Å². The van der Waals surface area contributed by atoms with Crippen LogP contribution in [0.4, 0.5) is 5.69 Å². The molecule has 0 aliphatic rings. The highest BCUT2D eigenvalue weighted by molar-refractivity contribution is 7.93. The minimum absolute atomic E-state index is 0.211. The van der Waals surface area contributed by atoms with Gasteiger partial charge in [0.2, 0.25) is 0 Å². The second kappa shape index (κ2) is 5.92. The lowest BCUT2D eigenvalue weighted by atomic mass is 10.3. The fourth-order valence-corrected chi connectivity index (χ4v) is 4.17. The first kappa shape index (κ1) is 15.6. The molecule has 6 nitrogen and oxygen atoms in total. The van der Waals surface area contributed by atoms with Crippen molar-refractivity contribution in [3.8, 4) is 5.75 Å². The highest BCUT2D eigenvalue weighted by Gasteiger charge is 2.24. The smallest absolute Gasteiger partial charge is 0.347 e. The molecule has 1 aromatic heterocycles. The van der Waals surface area contributed by atoms with Crippen LogP contribution in [0.25, 0.3) is 0 Å². The first-order valence-electron chi connectivity index (χ1n) is 5.52. The van der Waals surface area contributed by atoms with Gasteiger partial charge in [-0.3, -0.25) is 4.72 Å². The Kier molecular flexibility index (Phi) is 4.40. The molecule has 0 saturated carbocycles. The zero-order chi connectivity index (χ0) is 15.6. The quantitative estimate of drug-likeness (QED) is 0.867. The van der Waals surface area contributed by atoms with Gasteiger partial charge in [0, 0.05) is 0 Å². The Morgan fingerprint density at radius 3 is 2.67 bits per heavy atom. The van der Waals surface area contributed by atoms with Gasteiger partial charge in [-0.05, 0) is 29.6 Å². The Bertz CT molecular complexity index is 785. The van der Waals surface area contributed by atoms with Crippen molar-refractivity contribution in [2.45, 2.75) is 4.90 Å². The fourth-order valence-electron chi connectivity index (χ4n) is 1.61. The summed E-state index contributed by atoms with van der Waals surface area (Å²) in [6.07, 6.45) is 0. The Morgan fingerprint density at radius 1 is 1.38 bits per heavy atom. The summed E-state index contributed by atoms with van der Waals surface area (Å²) in [6, 6.07) is 5.59. The summed E-state index contributed by atoms with van der Waals surface area (Å²) in [7, 11) is -2.56. The molecule has 0 saturated heterocycles. The van der Waals surface area contributed by atoms with Gasteiger partial charge in [0.25, 0.3) is 10.0 Å². The van der Waals surface area contributed by atoms with E-state index in [0.29, 0.717) is 5.75 Å². The number of anilines is 1. The number of hydrogen-bond donors (Lipinski definition) is 2. The summed E-state index contributed by atoms with van der Waals surface area (Å²) in [6.45, 7) is 0. The van der Waals surface area contributed by atoms with Crippen LogP contribution < -0.4 is 9.46 Å². The second-order valence-corrected chi connectivity index (χ2v) is 6.85. The molecule has 21 heavy (non-hydrogen) atoms. The van der Waals surface area contributed by atoms with Crippen LogP contribution >= 0.6 is 22.9 Å². The summed E-state index contributed by atoms with van der Waals surface area (Å²) in [4.78, 5) is 10.5. The van der Waals surface area contributed by atoms with Crippen LogP contribution in [0.2, 0.25) is 5.02 Å². The van der Waals surface area contributed by atoms with Gasteiger partial charge in [-0.25, -0.2) is 13.2 Å². The van der Waals surface area contributed by atoms with Crippen LogP contribution in [0.15, 0.2) is 34.5 Å². The summed E-state index contributed by atoms with van der Waals surface area (Å²) in [5.74, 6) is -0.889. The zero-order valence-corrected chi connectivity index (χ0v) is 13.1. The van der Waals surface area contributed by atoms with Gasteiger partial charge in [-0.15, -0.1) is 11.3 Å². The van der Waals surface area contributed by atoms with Crippen LogP contribution in [0.1, 0.15) is 9.67 Å². The zero-order valence-electron chi connectivity index (χ0n) is 10.7. The average Bonchev–Trinajstić information content (AvgIpc) is 2.88. The molecule has 0 amide bonds. The number of sulfonamides is 1. The molecule has 0 aliphatic carbocycles. The topological polar surface area (TPSA) is 92.7 Å². The van der Waals surface area contributed by atoms with E-state index in [4.69, 9.17) is 21.4 Å². The molecule has 112 valence electrons. The van der Waals surface area contributed by atoms with Gasteiger partial charge < -0.3 is 9.84 Å². The molecule has 1 heterocycles. The predicted octanol–water partition coefficient (Wildman–Crippen LogP) is 2.91. The van der Waals surface area contributed by atoms with Crippen molar-refractivity contribution in [2.24, 2.45) is 0 Å². The molecule has 2 rings (SSSR count). The molecule has 0 radical (unpaired) electrons. The molecule has 0 atom stereocenters. The van der Waals surface area contributed by atoms with Gasteiger partial charge in [-0.2, -0.15) is 0 Å². The number of methoxy groups -OCH3 is 1. The SMILES string of the molecule is COc1ccc(NS(=O)(=O)c2ccsc2C(=O)O)cc1Cl. The van der Waals surface area contributed by atoms with Gasteiger partial charge in [-0.1, -0.05) is 11.6 Å². The molecule has 9 heteroatoms. The minimum Gasteiger partial charge on any atom is -0.495 e. The molecular formula is C12H10ClNO5S2. The number of aromatic carboxylic acids is 1. The number of nitrogens with one attached hydrogen (secondary N) is 1. The molecule has 2 aromatic rings. The predicted molar refractivity (Wildman–Crippen MR) is 80.1 cm³/mol. The first-order valence-corrected chi connectivity index (χ1v) is 8.26. The Labute approximate surface area is 130 Å². The third kappa shape index (κ3) is 3.29. The molecule has 0 unspecified atom stereocenters.